The van der Waals surface area contributed by atoms with Gasteiger partial charge in [0.1, 0.15) is 5.75 Å². The van der Waals surface area contributed by atoms with Crippen LogP contribution in [-0.4, -0.2) is 13.0 Å². The second-order valence-corrected chi connectivity index (χ2v) is 4.43. The average Bonchev–Trinajstić information content (AvgIpc) is 2.27. The third-order valence-corrected chi connectivity index (χ3v) is 2.74. The molecule has 0 aromatic heterocycles. The quantitative estimate of drug-likeness (QED) is 0.816. The van der Waals surface area contributed by atoms with Gasteiger partial charge in [-0.2, -0.15) is 0 Å². The lowest BCUT2D eigenvalue weighted by Gasteiger charge is -2.16. The lowest BCUT2D eigenvalue weighted by atomic mass is 9.97. The van der Waals surface area contributed by atoms with Crippen LogP contribution in [0.15, 0.2) is 18.2 Å². The summed E-state index contributed by atoms with van der Waals surface area (Å²) in [5.74, 6) is 0.725. The van der Waals surface area contributed by atoms with Gasteiger partial charge in [0.2, 0.25) is 5.91 Å². The number of primary amides is 1. The van der Waals surface area contributed by atoms with Gasteiger partial charge < -0.3 is 16.2 Å². The van der Waals surface area contributed by atoms with E-state index >= 15 is 0 Å². The van der Waals surface area contributed by atoms with Gasteiger partial charge in [-0.1, -0.05) is 26.0 Å². The molecule has 1 amide bonds. The van der Waals surface area contributed by atoms with Crippen molar-refractivity contribution in [2.75, 3.05) is 7.11 Å². The zero-order chi connectivity index (χ0) is 13.0. The van der Waals surface area contributed by atoms with Crippen LogP contribution in [0.1, 0.15) is 43.4 Å². The van der Waals surface area contributed by atoms with E-state index in [1.54, 1.807) is 7.11 Å². The number of ether oxygens (including phenoxy) is 1. The van der Waals surface area contributed by atoms with E-state index in [1.165, 1.54) is 5.56 Å². The number of methoxy groups -OCH3 is 1. The van der Waals surface area contributed by atoms with Crippen LogP contribution < -0.4 is 16.2 Å². The Morgan fingerprint density at radius 2 is 2.06 bits per heavy atom. The largest absolute Gasteiger partial charge is 0.496 e. The van der Waals surface area contributed by atoms with Gasteiger partial charge >= 0.3 is 0 Å². The fraction of sp³-hybridized carbons (Fsp3) is 0.462. The maximum absolute atomic E-state index is 10.9. The highest BCUT2D eigenvalue weighted by Crippen LogP contribution is 2.29. The molecule has 1 aromatic rings. The van der Waals surface area contributed by atoms with Crippen molar-refractivity contribution in [1.82, 2.24) is 0 Å². The molecule has 0 fully saturated rings. The number of carbonyl (C=O) groups excluding carboxylic acids is 1. The van der Waals surface area contributed by atoms with E-state index in [1.807, 2.05) is 18.2 Å². The molecule has 0 aliphatic heterocycles. The topological polar surface area (TPSA) is 78.3 Å². The number of hydrogen-bond acceptors (Lipinski definition) is 3. The van der Waals surface area contributed by atoms with Crippen molar-refractivity contribution < 1.29 is 9.53 Å². The molecule has 1 rings (SSSR count). The van der Waals surface area contributed by atoms with Crippen LogP contribution in [0.4, 0.5) is 0 Å². The minimum absolute atomic E-state index is 0.122. The summed E-state index contributed by atoms with van der Waals surface area (Å²) >= 11 is 0. The first kappa shape index (κ1) is 13.5. The molecule has 4 heteroatoms. The molecule has 1 unspecified atom stereocenters. The van der Waals surface area contributed by atoms with Crippen LogP contribution in [0, 0.1) is 0 Å². The van der Waals surface area contributed by atoms with Gasteiger partial charge in [-0.25, -0.2) is 0 Å². The van der Waals surface area contributed by atoms with Crippen LogP contribution >= 0.6 is 0 Å². The zero-order valence-electron chi connectivity index (χ0n) is 10.6. The van der Waals surface area contributed by atoms with E-state index in [4.69, 9.17) is 16.2 Å². The van der Waals surface area contributed by atoms with Gasteiger partial charge in [-0.3, -0.25) is 4.79 Å². The van der Waals surface area contributed by atoms with E-state index in [-0.39, 0.29) is 6.42 Å². The summed E-state index contributed by atoms with van der Waals surface area (Å²) in [6.07, 6.45) is 0.122. The summed E-state index contributed by atoms with van der Waals surface area (Å²) in [4.78, 5) is 10.9. The molecule has 0 aliphatic rings. The standard InChI is InChI=1S/C13H20N2O2/c1-8(2)9-4-5-10(12(6-9)17-3)11(14)7-13(15)16/h4-6,8,11H,7,14H2,1-3H3,(H2,15,16). The molecule has 1 aromatic carbocycles. The van der Waals surface area contributed by atoms with Crippen molar-refractivity contribution in [2.45, 2.75) is 32.2 Å². The lowest BCUT2D eigenvalue weighted by molar-refractivity contribution is -0.118. The minimum Gasteiger partial charge on any atom is -0.496 e. The number of amides is 1. The minimum atomic E-state index is -0.413. The molecular formula is C13H20N2O2. The molecular weight excluding hydrogens is 216 g/mol. The van der Waals surface area contributed by atoms with Gasteiger partial charge in [0.15, 0.2) is 0 Å². The first-order valence-corrected chi connectivity index (χ1v) is 5.67. The summed E-state index contributed by atoms with van der Waals surface area (Å²) in [6, 6.07) is 5.45. The molecule has 4 nitrogen and oxygen atoms in total. The Labute approximate surface area is 102 Å². The molecule has 0 heterocycles. The van der Waals surface area contributed by atoms with Gasteiger partial charge in [0, 0.05) is 18.0 Å². The number of benzene rings is 1. The van der Waals surface area contributed by atoms with Gasteiger partial charge in [-0.05, 0) is 17.5 Å². The Balaban J connectivity index is 3.03. The molecule has 4 N–H and O–H groups in total. The zero-order valence-corrected chi connectivity index (χ0v) is 10.6. The van der Waals surface area contributed by atoms with E-state index in [2.05, 4.69) is 13.8 Å². The van der Waals surface area contributed by atoms with Gasteiger partial charge in [0.05, 0.1) is 7.11 Å². The Morgan fingerprint density at radius 1 is 1.41 bits per heavy atom. The van der Waals surface area contributed by atoms with Gasteiger partial charge in [0.25, 0.3) is 0 Å². The maximum Gasteiger partial charge on any atom is 0.219 e. The molecule has 17 heavy (non-hydrogen) atoms. The SMILES string of the molecule is COc1cc(C(C)C)ccc1C(N)CC(N)=O. The fourth-order valence-corrected chi connectivity index (χ4v) is 1.72. The van der Waals surface area contributed by atoms with Crippen molar-refractivity contribution in [3.8, 4) is 5.75 Å². The van der Waals surface area contributed by atoms with Crippen molar-refractivity contribution in [3.63, 3.8) is 0 Å². The summed E-state index contributed by atoms with van der Waals surface area (Å²) in [6.45, 7) is 4.22. The van der Waals surface area contributed by atoms with Crippen LogP contribution in [0.5, 0.6) is 5.75 Å². The molecule has 0 aliphatic carbocycles. The summed E-state index contributed by atoms with van der Waals surface area (Å²) in [5, 5.41) is 0. The van der Waals surface area contributed by atoms with Crippen molar-refractivity contribution in [2.24, 2.45) is 11.5 Å². The van der Waals surface area contributed by atoms with Crippen molar-refractivity contribution >= 4 is 5.91 Å². The number of carbonyl (C=O) groups is 1. The van der Waals surface area contributed by atoms with Crippen LogP contribution in [-0.2, 0) is 4.79 Å². The smallest absolute Gasteiger partial charge is 0.219 e. The van der Waals surface area contributed by atoms with Gasteiger partial charge in [-0.15, -0.1) is 0 Å². The molecule has 0 saturated carbocycles. The average molecular weight is 236 g/mol. The molecule has 0 radical (unpaired) electrons. The van der Waals surface area contributed by atoms with E-state index in [9.17, 15) is 4.79 Å². The molecule has 0 bridgehead atoms. The Hall–Kier alpha value is -1.55. The summed E-state index contributed by atoms with van der Waals surface area (Å²) in [7, 11) is 1.60. The number of rotatable bonds is 5. The second-order valence-electron chi connectivity index (χ2n) is 4.43. The highest BCUT2D eigenvalue weighted by molar-refractivity contribution is 5.74. The normalized spacial score (nSPS) is 12.5. The third-order valence-electron chi connectivity index (χ3n) is 2.74. The molecule has 0 saturated heterocycles. The van der Waals surface area contributed by atoms with Crippen LogP contribution in [0.2, 0.25) is 0 Å². The van der Waals surface area contributed by atoms with Crippen molar-refractivity contribution in [3.05, 3.63) is 29.3 Å². The molecule has 94 valence electrons. The lowest BCUT2D eigenvalue weighted by Crippen LogP contribution is -2.21. The summed E-state index contributed by atoms with van der Waals surface area (Å²) in [5.41, 5.74) is 13.1. The Bertz CT molecular complexity index is 402. The molecule has 0 spiro atoms. The third kappa shape index (κ3) is 3.46. The molecule has 1 atom stereocenters. The second kappa shape index (κ2) is 5.68. The monoisotopic (exact) mass is 236 g/mol. The predicted molar refractivity (Wildman–Crippen MR) is 67.8 cm³/mol. The summed E-state index contributed by atoms with van der Waals surface area (Å²) < 4.78 is 5.31. The Morgan fingerprint density at radius 3 is 2.53 bits per heavy atom. The number of hydrogen-bond donors (Lipinski definition) is 2. The highest BCUT2D eigenvalue weighted by Gasteiger charge is 2.15. The van der Waals surface area contributed by atoms with Crippen LogP contribution in [0.3, 0.4) is 0 Å². The fourth-order valence-electron chi connectivity index (χ4n) is 1.72. The van der Waals surface area contributed by atoms with E-state index < -0.39 is 11.9 Å². The maximum atomic E-state index is 10.9. The first-order chi connectivity index (χ1) is 7.95. The Kier molecular flexibility index (Phi) is 4.52. The van der Waals surface area contributed by atoms with Crippen molar-refractivity contribution in [1.29, 1.82) is 0 Å². The highest BCUT2D eigenvalue weighted by atomic mass is 16.5. The number of nitrogens with two attached hydrogens (primary N) is 2. The van der Waals surface area contributed by atoms with E-state index in [0.29, 0.717) is 11.7 Å². The predicted octanol–water partition coefficient (Wildman–Crippen LogP) is 1.69. The van der Waals surface area contributed by atoms with E-state index in [0.717, 1.165) is 5.56 Å². The first-order valence-electron chi connectivity index (χ1n) is 5.67. The van der Waals surface area contributed by atoms with Crippen LogP contribution in [0.25, 0.3) is 0 Å².